The minimum atomic E-state index is -1.67. The summed E-state index contributed by atoms with van der Waals surface area (Å²) < 4.78 is 56.8. The van der Waals surface area contributed by atoms with Crippen molar-refractivity contribution in [3.63, 3.8) is 0 Å². The number of halogens is 4. The van der Waals surface area contributed by atoms with Crippen LogP contribution in [0.15, 0.2) is 6.07 Å². The van der Waals surface area contributed by atoms with E-state index in [2.05, 4.69) is 10.1 Å². The van der Waals surface area contributed by atoms with Crippen molar-refractivity contribution in [2.45, 2.75) is 13.0 Å². The predicted molar refractivity (Wildman–Crippen MR) is 58.4 cm³/mol. The molecule has 0 radical (unpaired) electrons. The van der Waals surface area contributed by atoms with Gasteiger partial charge in [-0.1, -0.05) is 6.92 Å². The highest BCUT2D eigenvalue weighted by atomic mass is 19.2. The summed E-state index contributed by atoms with van der Waals surface area (Å²) in [4.78, 5) is 11.0. The van der Waals surface area contributed by atoms with Crippen LogP contribution in [0.4, 0.5) is 17.6 Å². The molecule has 0 aliphatic heterocycles. The average Bonchev–Trinajstić information content (AvgIpc) is 2.34. The predicted octanol–water partition coefficient (Wildman–Crippen LogP) is 1.09. The summed E-state index contributed by atoms with van der Waals surface area (Å²) in [5.41, 5.74) is 5.01. The van der Waals surface area contributed by atoms with Crippen LogP contribution in [0.5, 0.6) is 5.75 Å². The summed E-state index contributed by atoms with van der Waals surface area (Å²) in [5, 5.41) is 2.59. The largest absolute Gasteiger partial charge is 0.485 e. The molecule has 8 heteroatoms. The molecule has 0 fully saturated rings. The maximum absolute atomic E-state index is 13.2. The molecule has 0 saturated carbocycles. The summed E-state index contributed by atoms with van der Waals surface area (Å²) in [6, 6.07) is -0.969. The molecular weight excluding hydrogens is 268 g/mol. The van der Waals surface area contributed by atoms with Gasteiger partial charge in [0.15, 0.2) is 17.4 Å². The molecule has 0 spiro atoms. The summed E-state index contributed by atoms with van der Waals surface area (Å²) in [7, 11) is 0. The van der Waals surface area contributed by atoms with Gasteiger partial charge in [0.05, 0.1) is 0 Å². The smallest absolute Gasteiger partial charge is 0.238 e. The molecule has 1 unspecified atom stereocenters. The Morgan fingerprint density at radius 1 is 1.32 bits per heavy atom. The number of carbonyl (C=O) groups is 1. The van der Waals surface area contributed by atoms with E-state index >= 15 is 0 Å². The van der Waals surface area contributed by atoms with Crippen molar-refractivity contribution < 1.29 is 27.1 Å². The van der Waals surface area contributed by atoms with Crippen molar-refractivity contribution in [1.29, 1.82) is 0 Å². The second kappa shape index (κ2) is 6.37. The third-order valence-electron chi connectivity index (χ3n) is 2.26. The van der Waals surface area contributed by atoms with E-state index in [4.69, 9.17) is 5.73 Å². The van der Waals surface area contributed by atoms with Crippen LogP contribution in [-0.2, 0) is 4.79 Å². The number of hydrogen-bond acceptors (Lipinski definition) is 3. The van der Waals surface area contributed by atoms with E-state index in [9.17, 15) is 22.4 Å². The molecule has 1 aromatic rings. The first-order chi connectivity index (χ1) is 8.88. The fourth-order valence-corrected chi connectivity index (χ4v) is 1.33. The third kappa shape index (κ3) is 3.57. The molecule has 1 amide bonds. The fourth-order valence-electron chi connectivity index (χ4n) is 1.33. The monoisotopic (exact) mass is 280 g/mol. The van der Waals surface area contributed by atoms with Crippen LogP contribution in [0.3, 0.4) is 0 Å². The number of carbonyl (C=O) groups excluding carboxylic acids is 1. The number of nitrogens with one attached hydrogen (secondary N) is 1. The number of amides is 1. The molecular formula is C11H12F4N2O2. The van der Waals surface area contributed by atoms with Gasteiger partial charge < -0.3 is 15.8 Å². The van der Waals surface area contributed by atoms with Crippen LogP contribution in [0.1, 0.15) is 6.92 Å². The lowest BCUT2D eigenvalue weighted by Crippen LogP contribution is -2.45. The van der Waals surface area contributed by atoms with Crippen molar-refractivity contribution in [2.75, 3.05) is 13.2 Å². The second-order valence-electron chi connectivity index (χ2n) is 3.62. The molecule has 1 atom stereocenters. The third-order valence-corrected chi connectivity index (χ3v) is 2.26. The Labute approximate surface area is 106 Å². The molecule has 0 bridgehead atoms. The lowest BCUT2D eigenvalue weighted by atomic mass is 10.2. The van der Waals surface area contributed by atoms with E-state index in [-0.39, 0.29) is 6.07 Å². The van der Waals surface area contributed by atoms with Crippen LogP contribution in [0.2, 0.25) is 0 Å². The lowest BCUT2D eigenvalue weighted by Gasteiger charge is -2.16. The van der Waals surface area contributed by atoms with Crippen LogP contribution in [0, 0.1) is 23.3 Å². The fraction of sp³-hybridized carbons (Fsp3) is 0.364. The summed E-state index contributed by atoms with van der Waals surface area (Å²) in [6.45, 7) is 1.46. The van der Waals surface area contributed by atoms with Gasteiger partial charge in [0.25, 0.3) is 0 Å². The number of nitrogens with two attached hydrogens (primary N) is 1. The van der Waals surface area contributed by atoms with Gasteiger partial charge in [-0.05, 0) is 6.54 Å². The minimum Gasteiger partial charge on any atom is -0.485 e. The van der Waals surface area contributed by atoms with E-state index < -0.39 is 47.6 Å². The van der Waals surface area contributed by atoms with E-state index in [1.54, 1.807) is 6.92 Å². The molecule has 3 N–H and O–H groups in total. The topological polar surface area (TPSA) is 64.3 Å². The molecule has 106 valence electrons. The molecule has 4 nitrogen and oxygen atoms in total. The highest BCUT2D eigenvalue weighted by Gasteiger charge is 2.23. The number of rotatable bonds is 6. The zero-order valence-electron chi connectivity index (χ0n) is 9.97. The first-order valence-electron chi connectivity index (χ1n) is 5.37. The van der Waals surface area contributed by atoms with Gasteiger partial charge in [-0.25, -0.2) is 8.78 Å². The van der Waals surface area contributed by atoms with Crippen LogP contribution in [0.25, 0.3) is 0 Å². The maximum Gasteiger partial charge on any atom is 0.238 e. The van der Waals surface area contributed by atoms with Crippen LogP contribution >= 0.6 is 0 Å². The SMILES string of the molecule is CCNC(COc1c(F)c(F)cc(F)c1F)C(N)=O. The van der Waals surface area contributed by atoms with Crippen LogP contribution in [-0.4, -0.2) is 25.1 Å². The van der Waals surface area contributed by atoms with Crippen molar-refractivity contribution in [1.82, 2.24) is 5.32 Å². The van der Waals surface area contributed by atoms with E-state index in [0.29, 0.717) is 6.54 Å². The van der Waals surface area contributed by atoms with Gasteiger partial charge in [-0.15, -0.1) is 0 Å². The summed E-state index contributed by atoms with van der Waals surface area (Å²) >= 11 is 0. The summed E-state index contributed by atoms with van der Waals surface area (Å²) in [5.74, 6) is -8.56. The average molecular weight is 280 g/mol. The summed E-state index contributed by atoms with van der Waals surface area (Å²) in [6.07, 6.45) is 0. The number of benzene rings is 1. The van der Waals surface area contributed by atoms with Gasteiger partial charge in [-0.3, -0.25) is 4.79 Å². The molecule has 0 aliphatic rings. The normalized spacial score (nSPS) is 12.3. The van der Waals surface area contributed by atoms with E-state index in [1.807, 2.05) is 0 Å². The minimum absolute atomic E-state index is 0.0629. The molecule has 1 rings (SSSR count). The molecule has 0 aliphatic carbocycles. The van der Waals surface area contributed by atoms with Gasteiger partial charge in [0.1, 0.15) is 12.6 Å². The number of likely N-dealkylation sites (N-methyl/N-ethyl adjacent to an activating group) is 1. The van der Waals surface area contributed by atoms with Crippen molar-refractivity contribution in [2.24, 2.45) is 5.73 Å². The quantitative estimate of drug-likeness (QED) is 0.605. The Balaban J connectivity index is 2.91. The first-order valence-corrected chi connectivity index (χ1v) is 5.37. The number of ether oxygens (including phenoxy) is 1. The Hall–Kier alpha value is -1.83. The zero-order valence-corrected chi connectivity index (χ0v) is 9.97. The Morgan fingerprint density at radius 3 is 2.26 bits per heavy atom. The molecule has 0 saturated heterocycles. The number of hydrogen-bond donors (Lipinski definition) is 2. The molecule has 0 heterocycles. The Kier molecular flexibility index (Phi) is 5.11. The van der Waals surface area contributed by atoms with Crippen molar-refractivity contribution in [3.8, 4) is 5.75 Å². The zero-order chi connectivity index (χ0) is 14.6. The number of primary amides is 1. The van der Waals surface area contributed by atoms with Crippen molar-refractivity contribution >= 4 is 5.91 Å². The standard InChI is InChI=1S/C11H12F4N2O2/c1-2-17-7(11(16)18)4-19-10-8(14)5(12)3-6(13)9(10)15/h3,7,17H,2,4H2,1H3,(H2,16,18). The van der Waals surface area contributed by atoms with Gasteiger partial charge >= 0.3 is 0 Å². The Morgan fingerprint density at radius 2 is 1.84 bits per heavy atom. The maximum atomic E-state index is 13.2. The molecule has 19 heavy (non-hydrogen) atoms. The molecule has 0 aromatic heterocycles. The second-order valence-corrected chi connectivity index (χ2v) is 3.62. The highest BCUT2D eigenvalue weighted by Crippen LogP contribution is 2.26. The Bertz CT molecular complexity index is 456. The van der Waals surface area contributed by atoms with E-state index in [1.165, 1.54) is 0 Å². The van der Waals surface area contributed by atoms with Gasteiger partial charge in [-0.2, -0.15) is 8.78 Å². The van der Waals surface area contributed by atoms with Gasteiger partial charge in [0, 0.05) is 6.07 Å². The van der Waals surface area contributed by atoms with Crippen molar-refractivity contribution in [3.05, 3.63) is 29.3 Å². The molecule has 1 aromatic carbocycles. The van der Waals surface area contributed by atoms with Crippen LogP contribution < -0.4 is 15.8 Å². The highest BCUT2D eigenvalue weighted by molar-refractivity contribution is 5.80. The lowest BCUT2D eigenvalue weighted by molar-refractivity contribution is -0.120. The van der Waals surface area contributed by atoms with Gasteiger partial charge in [0.2, 0.25) is 17.5 Å². The van der Waals surface area contributed by atoms with E-state index in [0.717, 1.165) is 0 Å². The first kappa shape index (κ1) is 15.2.